The Kier molecular flexibility index (Phi) is 6.17. The van der Waals surface area contributed by atoms with Crippen LogP contribution >= 0.6 is 0 Å². The Hall–Kier alpha value is -2.63. The molecule has 0 saturated heterocycles. The molecule has 0 radical (unpaired) electrons. The molecule has 0 amide bonds. The van der Waals surface area contributed by atoms with E-state index in [1.54, 1.807) is 26.2 Å². The fraction of sp³-hybridized carbons (Fsp3) is 0.217. The summed E-state index contributed by atoms with van der Waals surface area (Å²) in [6, 6.07) is 26.0. The third-order valence-electron chi connectivity index (χ3n) is 4.72. The average Bonchev–Trinajstić information content (AvgIpc) is 2.69. The first-order valence-electron chi connectivity index (χ1n) is 9.24. The average molecular weight is 395 g/mol. The summed E-state index contributed by atoms with van der Waals surface area (Å²) in [5.74, 6) is 0. The molecule has 0 aliphatic rings. The topological polar surface area (TPSA) is 40.6 Å². The van der Waals surface area contributed by atoms with E-state index in [9.17, 15) is 8.42 Å². The van der Waals surface area contributed by atoms with Gasteiger partial charge in [0.05, 0.1) is 4.90 Å². The van der Waals surface area contributed by atoms with Crippen molar-refractivity contribution < 1.29 is 8.42 Å². The number of hydrogen-bond donors (Lipinski definition) is 0. The van der Waals surface area contributed by atoms with Gasteiger partial charge in [0.15, 0.2) is 0 Å². The van der Waals surface area contributed by atoms with Gasteiger partial charge in [0.25, 0.3) is 0 Å². The highest BCUT2D eigenvalue weighted by Crippen LogP contribution is 2.27. The van der Waals surface area contributed by atoms with Crippen molar-refractivity contribution in [1.82, 2.24) is 4.31 Å². The Morgan fingerprint density at radius 2 is 1.25 bits per heavy atom. The van der Waals surface area contributed by atoms with Gasteiger partial charge in [-0.2, -0.15) is 0 Å². The van der Waals surface area contributed by atoms with Crippen LogP contribution in [0, 0.1) is 6.92 Å². The Bertz CT molecular complexity index is 975. The summed E-state index contributed by atoms with van der Waals surface area (Å²) in [5.41, 5.74) is 4.39. The van der Waals surface area contributed by atoms with Crippen molar-refractivity contribution >= 4 is 15.7 Å². The van der Waals surface area contributed by atoms with Crippen LogP contribution in [-0.4, -0.2) is 26.8 Å². The van der Waals surface area contributed by atoms with Gasteiger partial charge in [0.2, 0.25) is 10.0 Å². The van der Waals surface area contributed by atoms with Crippen molar-refractivity contribution in [2.75, 3.05) is 19.0 Å². The molecule has 28 heavy (non-hydrogen) atoms. The van der Waals surface area contributed by atoms with E-state index in [4.69, 9.17) is 0 Å². The van der Waals surface area contributed by atoms with Crippen LogP contribution in [0.2, 0.25) is 0 Å². The first-order chi connectivity index (χ1) is 13.4. The van der Waals surface area contributed by atoms with Gasteiger partial charge in [-0.25, -0.2) is 12.7 Å². The van der Waals surface area contributed by atoms with Gasteiger partial charge < -0.3 is 4.90 Å². The molecule has 0 N–H and O–H groups in total. The van der Waals surface area contributed by atoms with E-state index >= 15 is 0 Å². The lowest BCUT2D eigenvalue weighted by atomic mass is 10.1. The Morgan fingerprint density at radius 1 is 0.750 bits per heavy atom. The van der Waals surface area contributed by atoms with Crippen molar-refractivity contribution in [2.45, 2.75) is 24.9 Å². The van der Waals surface area contributed by atoms with Crippen molar-refractivity contribution in [2.24, 2.45) is 0 Å². The molecule has 0 aliphatic carbocycles. The quantitative estimate of drug-likeness (QED) is 0.594. The standard InChI is InChI=1S/C23H26N2O2S/c1-19-16-22(28(26,27)24(2)3)14-15-23(19)25(17-20-10-6-4-7-11-20)18-21-12-8-5-9-13-21/h4-16H,17-18H2,1-3H3. The van der Waals surface area contributed by atoms with Gasteiger partial charge in [-0.05, 0) is 41.8 Å². The second-order valence-corrected chi connectivity index (χ2v) is 9.21. The maximum Gasteiger partial charge on any atom is 0.242 e. The van der Waals surface area contributed by atoms with Crippen LogP contribution in [-0.2, 0) is 23.1 Å². The third-order valence-corrected chi connectivity index (χ3v) is 6.53. The zero-order valence-corrected chi connectivity index (χ0v) is 17.4. The molecule has 0 heterocycles. The van der Waals surface area contributed by atoms with Crippen molar-refractivity contribution in [3.8, 4) is 0 Å². The van der Waals surface area contributed by atoms with Gasteiger partial charge in [0, 0.05) is 32.9 Å². The number of anilines is 1. The maximum atomic E-state index is 12.5. The van der Waals surface area contributed by atoms with Crippen molar-refractivity contribution in [3.63, 3.8) is 0 Å². The molecule has 3 aromatic rings. The lowest BCUT2D eigenvalue weighted by molar-refractivity contribution is 0.520. The normalized spacial score (nSPS) is 11.6. The van der Waals surface area contributed by atoms with E-state index in [0.717, 1.165) is 24.3 Å². The minimum Gasteiger partial charge on any atom is -0.363 e. The first-order valence-corrected chi connectivity index (χ1v) is 10.7. The number of sulfonamides is 1. The molecule has 0 fully saturated rings. The van der Waals surface area contributed by atoms with Crippen LogP contribution in [0.15, 0.2) is 83.8 Å². The van der Waals surface area contributed by atoms with Crippen LogP contribution < -0.4 is 4.90 Å². The molecule has 5 heteroatoms. The highest BCUT2D eigenvalue weighted by Gasteiger charge is 2.19. The summed E-state index contributed by atoms with van der Waals surface area (Å²) in [4.78, 5) is 2.60. The summed E-state index contributed by atoms with van der Waals surface area (Å²) in [6.07, 6.45) is 0. The summed E-state index contributed by atoms with van der Waals surface area (Å²) < 4.78 is 26.2. The molecule has 0 aromatic heterocycles. The zero-order chi connectivity index (χ0) is 20.1. The van der Waals surface area contributed by atoms with E-state index in [0.29, 0.717) is 4.90 Å². The van der Waals surface area contributed by atoms with Crippen LogP contribution in [0.3, 0.4) is 0 Å². The highest BCUT2D eigenvalue weighted by atomic mass is 32.2. The molecule has 0 unspecified atom stereocenters. The molecule has 0 spiro atoms. The van der Waals surface area contributed by atoms with Gasteiger partial charge in [0.1, 0.15) is 0 Å². The smallest absolute Gasteiger partial charge is 0.242 e. The fourth-order valence-corrected chi connectivity index (χ4v) is 4.18. The van der Waals surface area contributed by atoms with E-state index in [1.807, 2.05) is 49.4 Å². The molecule has 146 valence electrons. The summed E-state index contributed by atoms with van der Waals surface area (Å²) in [6.45, 7) is 3.46. The molecular weight excluding hydrogens is 368 g/mol. The Balaban J connectivity index is 1.97. The van der Waals surface area contributed by atoms with Crippen LogP contribution in [0.5, 0.6) is 0 Å². The van der Waals surface area contributed by atoms with Crippen LogP contribution in [0.4, 0.5) is 5.69 Å². The number of rotatable bonds is 7. The number of benzene rings is 3. The fourth-order valence-electron chi connectivity index (χ4n) is 3.19. The van der Waals surface area contributed by atoms with E-state index in [1.165, 1.54) is 15.4 Å². The monoisotopic (exact) mass is 394 g/mol. The lowest BCUT2D eigenvalue weighted by Crippen LogP contribution is -2.24. The van der Waals surface area contributed by atoms with Crippen molar-refractivity contribution in [3.05, 3.63) is 95.6 Å². The summed E-state index contributed by atoms with van der Waals surface area (Å²) in [7, 11) is -0.342. The van der Waals surface area contributed by atoms with Gasteiger partial charge in [-0.15, -0.1) is 0 Å². The predicted octanol–water partition coefficient (Wildman–Crippen LogP) is 4.45. The maximum absolute atomic E-state index is 12.5. The van der Waals surface area contributed by atoms with Gasteiger partial charge in [-0.1, -0.05) is 60.7 Å². The largest absolute Gasteiger partial charge is 0.363 e. The molecule has 3 rings (SSSR count). The summed E-state index contributed by atoms with van der Waals surface area (Å²) >= 11 is 0. The summed E-state index contributed by atoms with van der Waals surface area (Å²) in [5, 5.41) is 0. The second kappa shape index (κ2) is 8.59. The van der Waals surface area contributed by atoms with E-state index in [-0.39, 0.29) is 0 Å². The second-order valence-electron chi connectivity index (χ2n) is 7.06. The number of hydrogen-bond acceptors (Lipinski definition) is 3. The molecule has 4 nitrogen and oxygen atoms in total. The molecule has 0 saturated carbocycles. The third kappa shape index (κ3) is 4.61. The molecule has 3 aromatic carbocycles. The van der Waals surface area contributed by atoms with E-state index < -0.39 is 10.0 Å². The lowest BCUT2D eigenvalue weighted by Gasteiger charge is -2.27. The highest BCUT2D eigenvalue weighted by molar-refractivity contribution is 7.89. The molecule has 0 atom stereocenters. The zero-order valence-electron chi connectivity index (χ0n) is 16.5. The molecule has 0 bridgehead atoms. The van der Waals surface area contributed by atoms with Crippen LogP contribution in [0.1, 0.15) is 16.7 Å². The van der Waals surface area contributed by atoms with Crippen LogP contribution in [0.25, 0.3) is 0 Å². The molecule has 0 aliphatic heterocycles. The minimum absolute atomic E-state index is 0.318. The van der Waals surface area contributed by atoms with Crippen molar-refractivity contribution in [1.29, 1.82) is 0 Å². The SMILES string of the molecule is Cc1cc(S(=O)(=O)N(C)C)ccc1N(Cc1ccccc1)Cc1ccccc1. The first kappa shape index (κ1) is 20.1. The van der Waals surface area contributed by atoms with Gasteiger partial charge >= 0.3 is 0 Å². The number of aryl methyl sites for hydroxylation is 1. The minimum atomic E-state index is -3.44. The Morgan fingerprint density at radius 3 is 1.68 bits per heavy atom. The van der Waals surface area contributed by atoms with E-state index in [2.05, 4.69) is 29.2 Å². The van der Waals surface area contributed by atoms with Gasteiger partial charge in [-0.3, -0.25) is 0 Å². The Labute approximate surface area is 168 Å². The predicted molar refractivity (Wildman–Crippen MR) is 115 cm³/mol. The number of nitrogens with zero attached hydrogens (tertiary/aromatic N) is 2. The molecular formula is C23H26N2O2S.